The van der Waals surface area contributed by atoms with Crippen molar-refractivity contribution >= 4 is 18.5 Å². The van der Waals surface area contributed by atoms with Crippen molar-refractivity contribution in [2.75, 3.05) is 0 Å². The molecule has 1 N–H and O–H groups in total. The van der Waals surface area contributed by atoms with Crippen LogP contribution in [0.4, 0.5) is 0 Å². The van der Waals surface area contributed by atoms with Crippen molar-refractivity contribution in [3.05, 3.63) is 29.8 Å². The molecule has 1 aromatic rings. The lowest BCUT2D eigenvalue weighted by molar-refractivity contribution is 0.0930. The fourth-order valence-corrected chi connectivity index (χ4v) is 2.63. The summed E-state index contributed by atoms with van der Waals surface area (Å²) in [6.45, 7) is 0. The summed E-state index contributed by atoms with van der Waals surface area (Å²) in [5.74, 6) is 0.0499. The predicted molar refractivity (Wildman–Crippen MR) is 77.3 cm³/mol. The number of hydrogen-bond donors (Lipinski definition) is 2. The summed E-state index contributed by atoms with van der Waals surface area (Å²) in [7, 11) is 0. The number of thiol groups is 1. The number of nitrogens with one attached hydrogen (secondary N) is 1. The molecular weight excluding hydrogens is 242 g/mol. The normalized spacial score (nSPS) is 17.8. The first-order chi connectivity index (χ1) is 8.75. The molecule has 0 aliphatic heterocycles. The van der Waals surface area contributed by atoms with E-state index in [1.165, 1.54) is 32.1 Å². The second-order valence-electron chi connectivity index (χ2n) is 5.06. The van der Waals surface area contributed by atoms with Gasteiger partial charge in [-0.3, -0.25) is 4.79 Å². The molecule has 98 valence electrons. The highest BCUT2D eigenvalue weighted by atomic mass is 32.1. The van der Waals surface area contributed by atoms with Gasteiger partial charge in [0.2, 0.25) is 0 Å². The van der Waals surface area contributed by atoms with Gasteiger partial charge in [0.05, 0.1) is 0 Å². The van der Waals surface area contributed by atoms with Gasteiger partial charge in [-0.15, -0.1) is 12.6 Å². The standard InChI is InChI=1S/C15H21NOS/c17-15(12-8-10-14(18)11-9-12)16-13-6-4-2-1-3-5-7-13/h8-11,13,18H,1-7H2,(H,16,17). The second kappa shape index (κ2) is 6.83. The Bertz CT molecular complexity index is 380. The zero-order valence-corrected chi connectivity index (χ0v) is 11.6. The van der Waals surface area contributed by atoms with Gasteiger partial charge in [-0.05, 0) is 37.1 Å². The van der Waals surface area contributed by atoms with Crippen molar-refractivity contribution < 1.29 is 4.79 Å². The molecule has 1 aliphatic rings. The van der Waals surface area contributed by atoms with E-state index < -0.39 is 0 Å². The summed E-state index contributed by atoms with van der Waals surface area (Å²) in [5.41, 5.74) is 0.731. The quantitative estimate of drug-likeness (QED) is 0.780. The molecule has 0 spiro atoms. The molecule has 1 amide bonds. The number of carbonyl (C=O) groups is 1. The van der Waals surface area contributed by atoms with E-state index in [2.05, 4.69) is 17.9 Å². The van der Waals surface area contributed by atoms with Gasteiger partial charge in [0.1, 0.15) is 0 Å². The first-order valence-electron chi connectivity index (χ1n) is 6.85. The topological polar surface area (TPSA) is 29.1 Å². The minimum atomic E-state index is 0.0499. The maximum atomic E-state index is 12.1. The van der Waals surface area contributed by atoms with E-state index in [-0.39, 0.29) is 5.91 Å². The third-order valence-electron chi connectivity index (χ3n) is 3.57. The molecule has 2 rings (SSSR count). The zero-order valence-electron chi connectivity index (χ0n) is 10.7. The van der Waals surface area contributed by atoms with E-state index in [4.69, 9.17) is 0 Å². The van der Waals surface area contributed by atoms with Crippen LogP contribution in [-0.4, -0.2) is 11.9 Å². The fourth-order valence-electron chi connectivity index (χ4n) is 2.48. The Morgan fingerprint density at radius 3 is 2.17 bits per heavy atom. The summed E-state index contributed by atoms with van der Waals surface area (Å²) in [6, 6.07) is 7.74. The van der Waals surface area contributed by atoms with Gasteiger partial charge in [0.25, 0.3) is 5.91 Å². The van der Waals surface area contributed by atoms with E-state index in [1.807, 2.05) is 24.3 Å². The average Bonchev–Trinajstić information content (AvgIpc) is 2.33. The minimum Gasteiger partial charge on any atom is -0.349 e. The Morgan fingerprint density at radius 2 is 1.56 bits per heavy atom. The second-order valence-corrected chi connectivity index (χ2v) is 5.58. The van der Waals surface area contributed by atoms with Crippen molar-refractivity contribution in [2.45, 2.75) is 55.9 Å². The molecule has 2 nitrogen and oxygen atoms in total. The lowest BCUT2D eigenvalue weighted by atomic mass is 9.96. The fraction of sp³-hybridized carbons (Fsp3) is 0.533. The highest BCUT2D eigenvalue weighted by molar-refractivity contribution is 7.80. The van der Waals surface area contributed by atoms with Crippen LogP contribution >= 0.6 is 12.6 Å². The zero-order chi connectivity index (χ0) is 12.8. The summed E-state index contributed by atoms with van der Waals surface area (Å²) >= 11 is 4.23. The molecule has 0 unspecified atom stereocenters. The van der Waals surface area contributed by atoms with Crippen LogP contribution in [0.15, 0.2) is 29.2 Å². The van der Waals surface area contributed by atoms with Gasteiger partial charge in [-0.2, -0.15) is 0 Å². The van der Waals surface area contributed by atoms with Crippen LogP contribution in [0, 0.1) is 0 Å². The summed E-state index contributed by atoms with van der Waals surface area (Å²) in [6.07, 6.45) is 8.68. The average molecular weight is 263 g/mol. The van der Waals surface area contributed by atoms with Crippen LogP contribution < -0.4 is 5.32 Å². The van der Waals surface area contributed by atoms with Crippen LogP contribution in [0.2, 0.25) is 0 Å². The van der Waals surface area contributed by atoms with E-state index in [0.29, 0.717) is 6.04 Å². The molecule has 0 heterocycles. The van der Waals surface area contributed by atoms with Crippen molar-refractivity contribution in [1.82, 2.24) is 5.32 Å². The predicted octanol–water partition coefficient (Wildman–Crippen LogP) is 3.82. The van der Waals surface area contributed by atoms with Crippen LogP contribution in [-0.2, 0) is 0 Å². The highest BCUT2D eigenvalue weighted by Gasteiger charge is 2.14. The third-order valence-corrected chi connectivity index (χ3v) is 3.87. The maximum Gasteiger partial charge on any atom is 0.251 e. The highest BCUT2D eigenvalue weighted by Crippen LogP contribution is 2.17. The molecule has 0 aromatic heterocycles. The third kappa shape index (κ3) is 4.05. The first-order valence-corrected chi connectivity index (χ1v) is 7.30. The van der Waals surface area contributed by atoms with Crippen LogP contribution in [0.1, 0.15) is 55.3 Å². The molecule has 1 aliphatic carbocycles. The monoisotopic (exact) mass is 263 g/mol. The Kier molecular flexibility index (Phi) is 5.12. The van der Waals surface area contributed by atoms with Crippen LogP contribution in [0.5, 0.6) is 0 Å². The van der Waals surface area contributed by atoms with Gasteiger partial charge < -0.3 is 5.32 Å². The van der Waals surface area contributed by atoms with Crippen LogP contribution in [0.25, 0.3) is 0 Å². The molecule has 0 bridgehead atoms. The van der Waals surface area contributed by atoms with Gasteiger partial charge >= 0.3 is 0 Å². The summed E-state index contributed by atoms with van der Waals surface area (Å²) in [4.78, 5) is 13.0. The van der Waals surface area contributed by atoms with E-state index in [1.54, 1.807) is 0 Å². The van der Waals surface area contributed by atoms with Gasteiger partial charge in [-0.1, -0.05) is 32.1 Å². The number of amides is 1. The molecule has 18 heavy (non-hydrogen) atoms. The van der Waals surface area contributed by atoms with Crippen molar-refractivity contribution in [1.29, 1.82) is 0 Å². The molecule has 1 aromatic carbocycles. The molecule has 1 saturated carbocycles. The lowest BCUT2D eigenvalue weighted by Gasteiger charge is -2.21. The van der Waals surface area contributed by atoms with Crippen molar-refractivity contribution in [2.24, 2.45) is 0 Å². The molecule has 0 atom stereocenters. The Hall–Kier alpha value is -0.960. The molecule has 0 saturated heterocycles. The summed E-state index contributed by atoms with van der Waals surface area (Å²) < 4.78 is 0. The smallest absolute Gasteiger partial charge is 0.251 e. The molecule has 1 fully saturated rings. The van der Waals surface area contributed by atoms with Gasteiger partial charge in [0.15, 0.2) is 0 Å². The van der Waals surface area contributed by atoms with E-state index >= 15 is 0 Å². The largest absolute Gasteiger partial charge is 0.349 e. The van der Waals surface area contributed by atoms with Crippen LogP contribution in [0.3, 0.4) is 0 Å². The van der Waals surface area contributed by atoms with Gasteiger partial charge in [-0.25, -0.2) is 0 Å². The lowest BCUT2D eigenvalue weighted by Crippen LogP contribution is -2.35. The van der Waals surface area contributed by atoms with E-state index in [9.17, 15) is 4.79 Å². The molecular formula is C15H21NOS. The summed E-state index contributed by atoms with van der Waals surface area (Å²) in [5, 5.41) is 3.16. The Balaban J connectivity index is 1.91. The first kappa shape index (κ1) is 13.5. The van der Waals surface area contributed by atoms with Gasteiger partial charge in [0, 0.05) is 16.5 Å². The molecule has 3 heteroatoms. The Labute approximate surface area is 115 Å². The maximum absolute atomic E-state index is 12.1. The number of benzene rings is 1. The van der Waals surface area contributed by atoms with Crippen molar-refractivity contribution in [3.63, 3.8) is 0 Å². The van der Waals surface area contributed by atoms with E-state index in [0.717, 1.165) is 23.3 Å². The Morgan fingerprint density at radius 1 is 1.00 bits per heavy atom. The number of carbonyl (C=O) groups excluding carboxylic acids is 1. The minimum absolute atomic E-state index is 0.0499. The number of hydrogen-bond acceptors (Lipinski definition) is 2. The molecule has 0 radical (unpaired) electrons. The number of rotatable bonds is 2. The SMILES string of the molecule is O=C(NC1CCCCCCC1)c1ccc(S)cc1. The van der Waals surface area contributed by atoms with Crippen molar-refractivity contribution in [3.8, 4) is 0 Å².